The fourth-order valence-corrected chi connectivity index (χ4v) is 1.75. The molecule has 1 heterocycles. The highest BCUT2D eigenvalue weighted by Gasteiger charge is 2.17. The van der Waals surface area contributed by atoms with E-state index in [0.717, 1.165) is 11.0 Å². The number of benzene rings is 1. The Hall–Kier alpha value is -1.51. The zero-order valence-electron chi connectivity index (χ0n) is 8.48. The Morgan fingerprint density at radius 1 is 1.53 bits per heavy atom. The first kappa shape index (κ1) is 12.0. The van der Waals surface area contributed by atoms with Gasteiger partial charge in [-0.25, -0.2) is 4.98 Å². The van der Waals surface area contributed by atoms with Crippen LogP contribution in [0.15, 0.2) is 30.0 Å². The zero-order valence-corrected chi connectivity index (χ0v) is 10.8. The molecule has 0 saturated heterocycles. The van der Waals surface area contributed by atoms with E-state index in [2.05, 4.69) is 25.9 Å². The third-order valence-electron chi connectivity index (χ3n) is 2.20. The van der Waals surface area contributed by atoms with Gasteiger partial charge < -0.3 is 10.1 Å². The lowest BCUT2D eigenvalue weighted by atomic mass is 10.2. The molecule has 2 aromatic rings. The number of nitriles is 1. The van der Waals surface area contributed by atoms with E-state index in [1.165, 1.54) is 0 Å². The second-order valence-corrected chi connectivity index (χ2v) is 5.15. The van der Waals surface area contributed by atoms with Crippen molar-refractivity contribution in [2.75, 3.05) is 0 Å². The van der Waals surface area contributed by atoms with Gasteiger partial charge in [-0.05, 0) is 12.1 Å². The molecular formula is C11H7BrClN3O. The number of aromatic nitrogens is 2. The summed E-state index contributed by atoms with van der Waals surface area (Å²) in [6.07, 6.45) is 0. The number of imidazole rings is 1. The lowest BCUT2D eigenvalue weighted by Gasteiger charge is -2.01. The molecule has 6 heteroatoms. The first-order valence-electron chi connectivity index (χ1n) is 4.70. The van der Waals surface area contributed by atoms with Gasteiger partial charge in [0.1, 0.15) is 21.7 Å². The van der Waals surface area contributed by atoms with Crippen molar-refractivity contribution in [2.45, 2.75) is 4.29 Å². The quantitative estimate of drug-likeness (QED) is 0.507. The fourth-order valence-electron chi connectivity index (χ4n) is 1.41. The van der Waals surface area contributed by atoms with Crippen molar-refractivity contribution in [2.24, 2.45) is 0 Å². The third-order valence-corrected chi connectivity index (χ3v) is 2.84. The number of allylic oxidation sites excluding steroid dienone is 2. The predicted octanol–water partition coefficient (Wildman–Crippen LogP) is 3.32. The number of H-pyrrole nitrogens is 1. The summed E-state index contributed by atoms with van der Waals surface area (Å²) in [7, 11) is 0. The van der Waals surface area contributed by atoms with Gasteiger partial charge >= 0.3 is 0 Å². The summed E-state index contributed by atoms with van der Waals surface area (Å²) in [4.78, 5) is 7.16. The molecule has 1 atom stereocenters. The molecule has 1 unspecified atom stereocenters. The normalized spacial score (nSPS) is 14.2. The van der Waals surface area contributed by atoms with Crippen molar-refractivity contribution < 1.29 is 5.11 Å². The molecule has 2 rings (SSSR count). The van der Waals surface area contributed by atoms with Crippen LogP contribution in [0.25, 0.3) is 16.6 Å². The van der Waals surface area contributed by atoms with E-state index in [0.29, 0.717) is 5.82 Å². The van der Waals surface area contributed by atoms with Crippen LogP contribution in [0.1, 0.15) is 5.82 Å². The minimum Gasteiger partial charge on any atom is -0.508 e. The molecule has 0 aliphatic heterocycles. The summed E-state index contributed by atoms with van der Waals surface area (Å²) in [5.74, 6) is 0.0459. The van der Waals surface area contributed by atoms with Crippen molar-refractivity contribution >= 4 is 44.1 Å². The van der Waals surface area contributed by atoms with Gasteiger partial charge in [-0.15, -0.1) is 11.6 Å². The van der Waals surface area contributed by atoms with Crippen LogP contribution in [-0.2, 0) is 0 Å². The van der Waals surface area contributed by atoms with Crippen molar-refractivity contribution in [1.82, 2.24) is 9.97 Å². The van der Waals surface area contributed by atoms with E-state index in [4.69, 9.17) is 16.9 Å². The summed E-state index contributed by atoms with van der Waals surface area (Å²) < 4.78 is -0.814. The van der Waals surface area contributed by atoms with E-state index < -0.39 is 4.29 Å². The van der Waals surface area contributed by atoms with Gasteiger partial charge in [-0.1, -0.05) is 28.1 Å². The number of hydrogen-bond acceptors (Lipinski definition) is 3. The largest absolute Gasteiger partial charge is 0.508 e. The molecule has 2 N–H and O–H groups in total. The number of nitrogens with zero attached hydrogens (tertiary/aromatic N) is 2. The number of halogens is 2. The summed E-state index contributed by atoms with van der Waals surface area (Å²) in [5.41, 5.74) is 1.55. The fraction of sp³-hybridized carbons (Fsp3) is 0.0909. The molecule has 17 heavy (non-hydrogen) atoms. The van der Waals surface area contributed by atoms with Gasteiger partial charge in [0.15, 0.2) is 5.82 Å². The minimum absolute atomic E-state index is 0.0260. The number of alkyl halides is 2. The van der Waals surface area contributed by atoms with Crippen LogP contribution in [0.4, 0.5) is 0 Å². The first-order chi connectivity index (χ1) is 8.13. The Morgan fingerprint density at radius 2 is 2.24 bits per heavy atom. The average Bonchev–Trinajstić information content (AvgIpc) is 2.72. The van der Waals surface area contributed by atoms with E-state index in [1.807, 2.05) is 30.3 Å². The summed E-state index contributed by atoms with van der Waals surface area (Å²) in [6, 6.07) is 9.23. The molecular weight excluding hydrogens is 305 g/mol. The molecule has 0 saturated carbocycles. The Balaban J connectivity index is 2.60. The molecule has 1 aromatic carbocycles. The summed E-state index contributed by atoms with van der Waals surface area (Å²) in [6.45, 7) is 0. The molecule has 1 aromatic heterocycles. The van der Waals surface area contributed by atoms with Crippen molar-refractivity contribution in [3.05, 3.63) is 35.8 Å². The van der Waals surface area contributed by atoms with Crippen molar-refractivity contribution in [3.8, 4) is 6.07 Å². The number of aromatic amines is 1. The highest BCUT2D eigenvalue weighted by atomic mass is 79.9. The van der Waals surface area contributed by atoms with Gasteiger partial charge in [0, 0.05) is 0 Å². The van der Waals surface area contributed by atoms with Crippen LogP contribution in [-0.4, -0.2) is 19.4 Å². The standard InChI is InChI=1S/C11H7BrClN3O/c12-10(13)9(17)6(5-14)11-15-7-3-1-2-4-8(7)16-11/h1-4,10,17H,(H,15,16)/b9-6-. The molecule has 0 aliphatic carbocycles. The maximum atomic E-state index is 9.68. The van der Waals surface area contributed by atoms with Crippen molar-refractivity contribution in [1.29, 1.82) is 5.26 Å². The molecule has 86 valence electrons. The molecule has 0 aliphatic rings. The Bertz CT molecular complexity index is 594. The molecule has 0 fully saturated rings. The lowest BCUT2D eigenvalue weighted by Crippen LogP contribution is -1.98. The maximum absolute atomic E-state index is 9.68. The van der Waals surface area contributed by atoms with Gasteiger partial charge in [0.25, 0.3) is 0 Å². The number of fused-ring (bicyclic) bond motifs is 1. The van der Waals surface area contributed by atoms with Crippen LogP contribution in [0.3, 0.4) is 0 Å². The van der Waals surface area contributed by atoms with Gasteiger partial charge in [0.05, 0.1) is 11.0 Å². The number of aliphatic hydroxyl groups excluding tert-OH is 1. The molecule has 0 radical (unpaired) electrons. The lowest BCUT2D eigenvalue weighted by molar-refractivity contribution is 0.415. The van der Waals surface area contributed by atoms with E-state index in [-0.39, 0.29) is 11.3 Å². The number of aliphatic hydroxyl groups is 1. The second-order valence-electron chi connectivity index (χ2n) is 3.28. The van der Waals surface area contributed by atoms with Gasteiger partial charge in [0.2, 0.25) is 0 Å². The zero-order chi connectivity index (χ0) is 12.4. The summed E-state index contributed by atoms with van der Waals surface area (Å²) >= 11 is 8.65. The Kier molecular flexibility index (Phi) is 3.36. The highest BCUT2D eigenvalue weighted by molar-refractivity contribution is 9.10. The van der Waals surface area contributed by atoms with E-state index in [1.54, 1.807) is 0 Å². The van der Waals surface area contributed by atoms with Crippen LogP contribution >= 0.6 is 27.5 Å². The number of rotatable bonds is 2. The van der Waals surface area contributed by atoms with Gasteiger partial charge in [-0.3, -0.25) is 0 Å². The van der Waals surface area contributed by atoms with E-state index in [9.17, 15) is 5.11 Å². The maximum Gasteiger partial charge on any atom is 0.152 e. The monoisotopic (exact) mass is 311 g/mol. The van der Waals surface area contributed by atoms with Crippen LogP contribution in [0.2, 0.25) is 0 Å². The van der Waals surface area contributed by atoms with Crippen LogP contribution in [0, 0.1) is 11.3 Å². The second kappa shape index (κ2) is 4.78. The number of hydrogen-bond donors (Lipinski definition) is 2. The highest BCUT2D eigenvalue weighted by Crippen LogP contribution is 2.24. The Morgan fingerprint density at radius 3 is 2.82 bits per heavy atom. The van der Waals surface area contributed by atoms with Crippen LogP contribution in [0.5, 0.6) is 0 Å². The summed E-state index contributed by atoms with van der Waals surface area (Å²) in [5, 5.41) is 18.7. The Labute approximate surface area is 111 Å². The smallest absolute Gasteiger partial charge is 0.152 e. The number of nitrogens with one attached hydrogen (secondary N) is 1. The predicted molar refractivity (Wildman–Crippen MR) is 69.8 cm³/mol. The van der Waals surface area contributed by atoms with Crippen LogP contribution < -0.4 is 0 Å². The SMILES string of the molecule is N#C/C(=C(/O)C(Cl)Br)c1nc2ccccc2[nH]1. The first-order valence-corrected chi connectivity index (χ1v) is 6.05. The third kappa shape index (κ3) is 2.28. The molecule has 0 spiro atoms. The topological polar surface area (TPSA) is 72.7 Å². The molecule has 0 bridgehead atoms. The molecule has 4 nitrogen and oxygen atoms in total. The molecule has 0 amide bonds. The van der Waals surface area contributed by atoms with E-state index >= 15 is 0 Å². The van der Waals surface area contributed by atoms with Crippen molar-refractivity contribution in [3.63, 3.8) is 0 Å². The minimum atomic E-state index is -0.814. The van der Waals surface area contributed by atoms with Gasteiger partial charge in [-0.2, -0.15) is 5.26 Å². The number of para-hydroxylation sites is 2. The average molecular weight is 313 g/mol.